The van der Waals surface area contributed by atoms with E-state index in [-0.39, 0.29) is 42.3 Å². The largest absolute Gasteiger partial charge is 0.444 e. The van der Waals surface area contributed by atoms with Gasteiger partial charge in [-0.2, -0.15) is 9.78 Å². The van der Waals surface area contributed by atoms with Gasteiger partial charge in [-0.1, -0.05) is 0 Å². The minimum Gasteiger partial charge on any atom is -0.444 e. The molecule has 2 spiro atoms. The Morgan fingerprint density at radius 1 is 0.897 bits per heavy atom. The first kappa shape index (κ1) is 28.4. The second kappa shape index (κ2) is 9.76. The Balaban J connectivity index is 1.15. The lowest BCUT2D eigenvalue weighted by Gasteiger charge is -2.62. The van der Waals surface area contributed by atoms with Crippen molar-refractivity contribution in [3.8, 4) is 0 Å². The summed E-state index contributed by atoms with van der Waals surface area (Å²) in [5.74, 6) is -1.00. The second-order valence-electron chi connectivity index (χ2n) is 14.2. The summed E-state index contributed by atoms with van der Waals surface area (Å²) >= 11 is 0. The fraction of sp³-hybridized carbons (Fsp3) is 0.893. The van der Waals surface area contributed by atoms with Crippen LogP contribution in [0, 0.1) is 17.8 Å². The Labute approximate surface area is 230 Å². The van der Waals surface area contributed by atoms with Gasteiger partial charge in [-0.25, -0.2) is 9.59 Å². The molecular formula is C28H45N3O8. The molecule has 4 bridgehead atoms. The van der Waals surface area contributed by atoms with Crippen LogP contribution >= 0.6 is 0 Å². The Bertz CT molecular complexity index is 962. The van der Waals surface area contributed by atoms with Gasteiger partial charge in [0.1, 0.15) is 11.2 Å². The number of nitrogens with one attached hydrogen (secondary N) is 2. The minimum absolute atomic E-state index is 0.0717. The quantitative estimate of drug-likeness (QED) is 0.503. The lowest BCUT2D eigenvalue weighted by atomic mass is 9.50. The van der Waals surface area contributed by atoms with Crippen LogP contribution < -0.4 is 10.6 Å². The van der Waals surface area contributed by atoms with Crippen molar-refractivity contribution < 1.29 is 38.4 Å². The summed E-state index contributed by atoms with van der Waals surface area (Å²) in [6, 6.07) is 0. The third-order valence-corrected chi connectivity index (χ3v) is 8.60. The standard InChI is InChI=1S/C28H45N3O8/c1-24(2,3)35-22(33)29-10-7-21(32)30-26-15-18-13-19(16-26)28(20(14-18)17-26)37-27(38-39-28)8-11-31(12-9-27)23(34)36-25(4,5)6/h18-20H,7-17H2,1-6H3,(H,29,33)(H,30,32). The molecule has 0 radical (unpaired) electrons. The van der Waals surface area contributed by atoms with Crippen LogP contribution in [0.5, 0.6) is 0 Å². The number of rotatable bonds is 4. The van der Waals surface area contributed by atoms with Crippen molar-refractivity contribution in [2.45, 2.75) is 121 Å². The van der Waals surface area contributed by atoms with Crippen molar-refractivity contribution in [3.05, 3.63) is 0 Å². The van der Waals surface area contributed by atoms with Gasteiger partial charge in [0.25, 0.3) is 0 Å². The summed E-state index contributed by atoms with van der Waals surface area (Å²) in [5, 5.41) is 5.98. The van der Waals surface area contributed by atoms with Crippen LogP contribution in [0.3, 0.4) is 0 Å². The van der Waals surface area contributed by atoms with Gasteiger partial charge in [0, 0.05) is 56.3 Å². The van der Waals surface area contributed by atoms with E-state index in [0.717, 1.165) is 32.1 Å². The molecule has 6 aliphatic rings. The molecule has 2 atom stereocenters. The lowest BCUT2D eigenvalue weighted by Crippen LogP contribution is -2.69. The Morgan fingerprint density at radius 2 is 1.51 bits per heavy atom. The van der Waals surface area contributed by atoms with E-state index >= 15 is 0 Å². The van der Waals surface area contributed by atoms with Crippen LogP contribution in [0.15, 0.2) is 0 Å². The molecule has 220 valence electrons. The molecule has 4 aliphatic carbocycles. The van der Waals surface area contributed by atoms with Crippen LogP contribution in [-0.4, -0.2) is 70.9 Å². The zero-order chi connectivity index (χ0) is 28.3. The van der Waals surface area contributed by atoms with Gasteiger partial charge in [0.15, 0.2) is 0 Å². The van der Waals surface area contributed by atoms with Crippen LogP contribution in [-0.2, 0) is 28.8 Å². The molecular weight excluding hydrogens is 506 g/mol. The van der Waals surface area contributed by atoms with Crippen molar-refractivity contribution in [2.24, 2.45) is 17.8 Å². The number of likely N-dealkylation sites (tertiary alicyclic amines) is 1. The zero-order valence-electron chi connectivity index (χ0n) is 24.2. The molecule has 11 nitrogen and oxygen atoms in total. The van der Waals surface area contributed by atoms with E-state index in [1.165, 1.54) is 0 Å². The first-order chi connectivity index (χ1) is 18.1. The molecule has 2 unspecified atom stereocenters. The van der Waals surface area contributed by atoms with Gasteiger partial charge in [-0.3, -0.25) is 4.79 Å². The predicted octanol–water partition coefficient (Wildman–Crippen LogP) is 4.00. The van der Waals surface area contributed by atoms with E-state index in [2.05, 4.69) is 10.6 Å². The molecule has 39 heavy (non-hydrogen) atoms. The van der Waals surface area contributed by atoms with Crippen LogP contribution in [0.1, 0.15) is 92.9 Å². The fourth-order valence-electron chi connectivity index (χ4n) is 7.34. The summed E-state index contributed by atoms with van der Waals surface area (Å²) in [5.41, 5.74) is -1.41. The van der Waals surface area contributed by atoms with E-state index in [0.29, 0.717) is 31.8 Å². The van der Waals surface area contributed by atoms with Gasteiger partial charge in [-0.15, -0.1) is 0 Å². The molecule has 6 rings (SSSR count). The van der Waals surface area contributed by atoms with E-state index < -0.39 is 28.9 Å². The predicted molar refractivity (Wildman–Crippen MR) is 139 cm³/mol. The molecule has 2 heterocycles. The maximum Gasteiger partial charge on any atom is 0.410 e. The SMILES string of the molecule is CC(C)(C)OC(=O)NCCC(=O)NC12CC3CC(C1)C1(OOC4(CCN(C(=O)OC(C)(C)C)CC4)O1)C(C3)C2. The van der Waals surface area contributed by atoms with E-state index in [4.69, 9.17) is 24.0 Å². The summed E-state index contributed by atoms with van der Waals surface area (Å²) in [7, 11) is 0. The molecule has 0 aromatic carbocycles. The number of alkyl carbamates (subject to hydrolysis) is 1. The normalized spacial score (nSPS) is 34.8. The Hall–Kier alpha value is -2.11. The average Bonchev–Trinajstić information content (AvgIpc) is 3.15. The summed E-state index contributed by atoms with van der Waals surface area (Å²) < 4.78 is 17.5. The molecule has 0 aromatic heterocycles. The summed E-state index contributed by atoms with van der Waals surface area (Å²) in [6.07, 6.45) is 4.86. The monoisotopic (exact) mass is 551 g/mol. The molecule has 2 saturated heterocycles. The number of carbonyl (C=O) groups excluding carboxylic acids is 3. The van der Waals surface area contributed by atoms with Crippen molar-refractivity contribution in [1.29, 1.82) is 0 Å². The van der Waals surface area contributed by atoms with Gasteiger partial charge in [0.05, 0.1) is 0 Å². The minimum atomic E-state index is -0.863. The highest BCUT2D eigenvalue weighted by atomic mass is 17.3. The number of carbonyl (C=O) groups is 3. The third-order valence-electron chi connectivity index (χ3n) is 8.60. The number of amides is 3. The molecule has 0 aromatic rings. The van der Waals surface area contributed by atoms with Crippen molar-refractivity contribution in [3.63, 3.8) is 0 Å². The Morgan fingerprint density at radius 3 is 2.10 bits per heavy atom. The topological polar surface area (TPSA) is 125 Å². The van der Waals surface area contributed by atoms with Gasteiger partial charge >= 0.3 is 12.2 Å². The highest BCUT2D eigenvalue weighted by Crippen LogP contribution is 2.64. The first-order valence-corrected chi connectivity index (χ1v) is 14.4. The second-order valence-corrected chi connectivity index (χ2v) is 14.2. The zero-order valence-corrected chi connectivity index (χ0v) is 24.2. The van der Waals surface area contributed by atoms with E-state index in [9.17, 15) is 14.4 Å². The molecule has 2 aliphatic heterocycles. The van der Waals surface area contributed by atoms with E-state index in [1.54, 1.807) is 25.7 Å². The molecule has 11 heteroatoms. The molecule has 4 saturated carbocycles. The highest BCUT2D eigenvalue weighted by Gasteiger charge is 2.70. The van der Waals surface area contributed by atoms with Crippen LogP contribution in [0.25, 0.3) is 0 Å². The third kappa shape index (κ3) is 6.00. The summed E-state index contributed by atoms with van der Waals surface area (Å²) in [6.45, 7) is 12.2. The molecule has 3 amide bonds. The average molecular weight is 552 g/mol. The molecule has 6 fully saturated rings. The van der Waals surface area contributed by atoms with Gasteiger partial charge in [0.2, 0.25) is 17.5 Å². The number of hydrogen-bond acceptors (Lipinski definition) is 8. The van der Waals surface area contributed by atoms with Crippen molar-refractivity contribution in [1.82, 2.24) is 15.5 Å². The van der Waals surface area contributed by atoms with Crippen molar-refractivity contribution >= 4 is 18.1 Å². The Kier molecular flexibility index (Phi) is 7.12. The molecule has 2 N–H and O–H groups in total. The van der Waals surface area contributed by atoms with Crippen LogP contribution in [0.2, 0.25) is 0 Å². The number of nitrogens with zero attached hydrogens (tertiary/aromatic N) is 1. The first-order valence-electron chi connectivity index (χ1n) is 14.4. The smallest absolute Gasteiger partial charge is 0.410 e. The summed E-state index contributed by atoms with van der Waals surface area (Å²) in [4.78, 5) is 51.1. The van der Waals surface area contributed by atoms with Crippen molar-refractivity contribution in [2.75, 3.05) is 19.6 Å². The van der Waals surface area contributed by atoms with Gasteiger partial charge < -0.3 is 29.7 Å². The van der Waals surface area contributed by atoms with Crippen LogP contribution in [0.4, 0.5) is 9.59 Å². The fourth-order valence-corrected chi connectivity index (χ4v) is 7.34. The maximum atomic E-state index is 12.9. The number of ether oxygens (including phenoxy) is 3. The van der Waals surface area contributed by atoms with E-state index in [1.807, 2.05) is 20.8 Å². The number of piperidine rings is 1. The highest BCUT2D eigenvalue weighted by molar-refractivity contribution is 5.78. The lowest BCUT2D eigenvalue weighted by molar-refractivity contribution is -0.391. The maximum absolute atomic E-state index is 12.9. The van der Waals surface area contributed by atoms with Gasteiger partial charge in [-0.05, 0) is 79.6 Å². The number of hydrogen-bond donors (Lipinski definition) is 2.